The summed E-state index contributed by atoms with van der Waals surface area (Å²) in [6, 6.07) is 10.7. The molecule has 1 aliphatic heterocycles. The van der Waals surface area contributed by atoms with Gasteiger partial charge in [0.05, 0.1) is 12.2 Å². The second-order valence-electron chi connectivity index (χ2n) is 5.15. The van der Waals surface area contributed by atoms with Crippen molar-refractivity contribution in [2.75, 3.05) is 10.1 Å². The lowest BCUT2D eigenvalue weighted by molar-refractivity contribution is 0.275. The maximum Gasteiger partial charge on any atom is 0.491 e. The highest BCUT2D eigenvalue weighted by Crippen LogP contribution is 2.23. The Kier molecular flexibility index (Phi) is 4.17. The summed E-state index contributed by atoms with van der Waals surface area (Å²) >= 11 is 0. The first-order chi connectivity index (χ1) is 11.4. The molecule has 0 radical (unpaired) electrons. The van der Waals surface area contributed by atoms with Crippen molar-refractivity contribution in [1.82, 2.24) is 0 Å². The number of anilines is 2. The lowest BCUT2D eigenvalue weighted by atomic mass is 9.79. The molecule has 8 nitrogen and oxygen atoms in total. The number of sulfonamides is 1. The van der Waals surface area contributed by atoms with Crippen LogP contribution in [-0.2, 0) is 21.3 Å². The molecule has 3 rings (SSSR count). The second kappa shape index (κ2) is 6.14. The normalized spacial score (nSPS) is 13.3. The van der Waals surface area contributed by atoms with E-state index in [9.17, 15) is 13.4 Å². The fraction of sp³-hybridized carbons (Fsp3) is 0.0714. The molecule has 0 amide bonds. The molecule has 0 saturated heterocycles. The third-order valence-electron chi connectivity index (χ3n) is 3.62. The number of rotatable bonds is 4. The minimum absolute atomic E-state index is 0.0394. The number of nitrogens with zero attached hydrogens (tertiary/aromatic N) is 1. The SMILES string of the molecule is N#Cc1cc(NN)ccc1S(=O)(=O)Nc1ccc2c(c1)B(O)OC2. The van der Waals surface area contributed by atoms with Crippen LogP contribution in [0.4, 0.5) is 11.4 Å². The van der Waals surface area contributed by atoms with Gasteiger partial charge in [-0.25, -0.2) is 8.42 Å². The van der Waals surface area contributed by atoms with Crippen molar-refractivity contribution >= 4 is 34.0 Å². The van der Waals surface area contributed by atoms with Crippen molar-refractivity contribution in [2.45, 2.75) is 11.5 Å². The summed E-state index contributed by atoms with van der Waals surface area (Å²) in [4.78, 5) is -0.165. The van der Waals surface area contributed by atoms with Crippen molar-refractivity contribution in [3.05, 3.63) is 47.5 Å². The Bertz CT molecular complexity index is 942. The highest BCUT2D eigenvalue weighted by atomic mass is 32.2. The highest BCUT2D eigenvalue weighted by Gasteiger charge is 2.28. The second-order valence-corrected chi connectivity index (χ2v) is 6.80. The maximum absolute atomic E-state index is 12.6. The molecule has 5 N–H and O–H groups in total. The van der Waals surface area contributed by atoms with Crippen LogP contribution in [0.2, 0.25) is 0 Å². The van der Waals surface area contributed by atoms with Gasteiger partial charge in [-0.15, -0.1) is 0 Å². The van der Waals surface area contributed by atoms with Gasteiger partial charge in [0.2, 0.25) is 0 Å². The number of nitriles is 1. The van der Waals surface area contributed by atoms with Gasteiger partial charge in [0.1, 0.15) is 11.0 Å². The number of nitrogens with one attached hydrogen (secondary N) is 2. The van der Waals surface area contributed by atoms with E-state index in [0.29, 0.717) is 11.2 Å². The number of nitrogen functional groups attached to an aromatic ring is 1. The Balaban J connectivity index is 1.95. The van der Waals surface area contributed by atoms with Crippen molar-refractivity contribution in [3.8, 4) is 6.07 Å². The van der Waals surface area contributed by atoms with Gasteiger partial charge in [0, 0.05) is 11.4 Å². The van der Waals surface area contributed by atoms with E-state index in [4.69, 9.17) is 15.8 Å². The molecule has 0 spiro atoms. The first kappa shape index (κ1) is 16.3. The number of fused-ring (bicyclic) bond motifs is 1. The van der Waals surface area contributed by atoms with Gasteiger partial charge in [0.15, 0.2) is 0 Å². The van der Waals surface area contributed by atoms with Gasteiger partial charge in [-0.3, -0.25) is 10.6 Å². The molecule has 0 bridgehead atoms. The van der Waals surface area contributed by atoms with Crippen LogP contribution in [0.1, 0.15) is 11.1 Å². The summed E-state index contributed by atoms with van der Waals surface area (Å²) in [5.74, 6) is 5.26. The van der Waals surface area contributed by atoms with Crippen LogP contribution >= 0.6 is 0 Å². The van der Waals surface area contributed by atoms with Crippen LogP contribution in [0, 0.1) is 11.3 Å². The zero-order valence-corrected chi connectivity index (χ0v) is 13.2. The maximum atomic E-state index is 12.6. The molecule has 0 atom stereocenters. The summed E-state index contributed by atoms with van der Waals surface area (Å²) in [6.45, 7) is 0.273. The zero-order valence-electron chi connectivity index (χ0n) is 12.4. The quantitative estimate of drug-likeness (QED) is 0.344. The van der Waals surface area contributed by atoms with Crippen molar-refractivity contribution in [1.29, 1.82) is 5.26 Å². The Morgan fingerprint density at radius 3 is 2.71 bits per heavy atom. The lowest BCUT2D eigenvalue weighted by Crippen LogP contribution is -2.28. The van der Waals surface area contributed by atoms with Gasteiger partial charge in [-0.1, -0.05) is 6.07 Å². The molecule has 0 aromatic heterocycles. The largest absolute Gasteiger partial charge is 0.491 e. The molecule has 1 aliphatic rings. The van der Waals surface area contributed by atoms with Gasteiger partial charge >= 0.3 is 7.12 Å². The van der Waals surface area contributed by atoms with E-state index in [1.54, 1.807) is 12.1 Å². The predicted molar refractivity (Wildman–Crippen MR) is 88.6 cm³/mol. The molecule has 2 aromatic rings. The molecular weight excluding hydrogens is 331 g/mol. The van der Waals surface area contributed by atoms with E-state index < -0.39 is 17.1 Å². The van der Waals surface area contributed by atoms with E-state index in [2.05, 4.69) is 10.1 Å². The first-order valence-electron chi connectivity index (χ1n) is 6.90. The Labute approximate surface area is 139 Å². The van der Waals surface area contributed by atoms with E-state index in [-0.39, 0.29) is 22.8 Å². The van der Waals surface area contributed by atoms with Crippen LogP contribution in [0.15, 0.2) is 41.3 Å². The van der Waals surface area contributed by atoms with Gasteiger partial charge in [-0.05, 0) is 41.4 Å². The summed E-state index contributed by atoms with van der Waals surface area (Å²) in [7, 11) is -5.05. The van der Waals surface area contributed by atoms with Crippen LogP contribution in [0.25, 0.3) is 0 Å². The molecule has 0 unspecified atom stereocenters. The topological polar surface area (TPSA) is 137 Å². The molecule has 1 heterocycles. The monoisotopic (exact) mass is 344 g/mol. The Morgan fingerprint density at radius 1 is 1.25 bits per heavy atom. The average Bonchev–Trinajstić information content (AvgIpc) is 2.94. The highest BCUT2D eigenvalue weighted by molar-refractivity contribution is 7.92. The molecule has 24 heavy (non-hydrogen) atoms. The average molecular weight is 344 g/mol. The first-order valence-corrected chi connectivity index (χ1v) is 8.39. The van der Waals surface area contributed by atoms with E-state index >= 15 is 0 Å². The van der Waals surface area contributed by atoms with E-state index in [1.807, 2.05) is 6.07 Å². The number of hydrogen-bond donors (Lipinski definition) is 4. The van der Waals surface area contributed by atoms with Crippen molar-refractivity contribution in [2.24, 2.45) is 5.84 Å². The van der Waals surface area contributed by atoms with Crippen LogP contribution in [0.5, 0.6) is 0 Å². The van der Waals surface area contributed by atoms with Gasteiger partial charge in [-0.2, -0.15) is 5.26 Å². The van der Waals surface area contributed by atoms with Gasteiger partial charge in [0.25, 0.3) is 10.0 Å². The Morgan fingerprint density at radius 2 is 2.00 bits per heavy atom. The molecule has 0 aliphatic carbocycles. The number of hydrazine groups is 1. The fourth-order valence-electron chi connectivity index (χ4n) is 2.43. The third-order valence-corrected chi connectivity index (χ3v) is 5.06. The van der Waals surface area contributed by atoms with Crippen molar-refractivity contribution in [3.63, 3.8) is 0 Å². The predicted octanol–water partition coefficient (Wildman–Crippen LogP) is -0.138. The molecule has 122 valence electrons. The summed E-state index contributed by atoms with van der Waals surface area (Å²) in [5.41, 5.74) is 4.31. The Hall–Kier alpha value is -2.58. The minimum Gasteiger partial charge on any atom is -0.423 e. The minimum atomic E-state index is -3.98. The summed E-state index contributed by atoms with van der Waals surface area (Å²) in [5, 5.41) is 18.9. The van der Waals surface area contributed by atoms with Crippen LogP contribution in [-0.4, -0.2) is 20.6 Å². The zero-order chi connectivity index (χ0) is 17.3. The molecule has 0 fully saturated rings. The van der Waals surface area contributed by atoms with Crippen LogP contribution in [0.3, 0.4) is 0 Å². The molecule has 0 saturated carbocycles. The molecule has 2 aromatic carbocycles. The van der Waals surface area contributed by atoms with Crippen LogP contribution < -0.4 is 21.5 Å². The fourth-order valence-corrected chi connectivity index (χ4v) is 3.62. The molecule has 10 heteroatoms. The lowest BCUT2D eigenvalue weighted by Gasteiger charge is -2.11. The van der Waals surface area contributed by atoms with E-state index in [0.717, 1.165) is 5.56 Å². The summed E-state index contributed by atoms with van der Waals surface area (Å²) in [6.07, 6.45) is 0. The summed E-state index contributed by atoms with van der Waals surface area (Å²) < 4.78 is 32.6. The van der Waals surface area contributed by atoms with E-state index in [1.165, 1.54) is 24.3 Å². The third kappa shape index (κ3) is 2.93. The smallest absolute Gasteiger partial charge is 0.423 e. The number of hydrogen-bond acceptors (Lipinski definition) is 7. The van der Waals surface area contributed by atoms with Gasteiger partial charge < -0.3 is 15.1 Å². The number of benzene rings is 2. The number of nitrogens with two attached hydrogens (primary N) is 1. The van der Waals surface area contributed by atoms with Crippen molar-refractivity contribution < 1.29 is 18.1 Å². The standard InChI is InChI=1S/C14H13BN4O4S/c16-7-10-5-11(18-17)3-4-14(10)24(21,22)19-12-2-1-9-8-23-15(20)13(9)6-12/h1-6,18-20H,8,17H2. The molecular formula is C14H13BN4O4S.